The Morgan fingerprint density at radius 2 is 1.93 bits per heavy atom. The van der Waals surface area contributed by atoms with E-state index in [4.69, 9.17) is 11.6 Å². The van der Waals surface area contributed by atoms with Crippen molar-refractivity contribution in [2.75, 3.05) is 40.6 Å². The van der Waals surface area contributed by atoms with Crippen LogP contribution in [0.15, 0.2) is 36.5 Å². The van der Waals surface area contributed by atoms with Crippen LogP contribution >= 0.6 is 11.6 Å². The van der Waals surface area contributed by atoms with Crippen LogP contribution in [0.5, 0.6) is 0 Å². The minimum atomic E-state index is -0.506. The van der Waals surface area contributed by atoms with Crippen LogP contribution in [-0.2, 0) is 27.9 Å². The summed E-state index contributed by atoms with van der Waals surface area (Å²) in [5.74, 6) is -0.571. The van der Waals surface area contributed by atoms with Crippen LogP contribution in [0.2, 0.25) is 5.02 Å². The average Bonchev–Trinajstić information content (AvgIpc) is 3.49. The van der Waals surface area contributed by atoms with Crippen molar-refractivity contribution in [3.05, 3.63) is 58.6 Å². The van der Waals surface area contributed by atoms with Crippen molar-refractivity contribution in [1.82, 2.24) is 25.1 Å². The predicted octanol–water partition coefficient (Wildman–Crippen LogP) is 4.27. The van der Waals surface area contributed by atoms with Gasteiger partial charge in [0.25, 0.3) is 0 Å². The van der Waals surface area contributed by atoms with Crippen LogP contribution in [0, 0.1) is 11.7 Å². The third-order valence-corrected chi connectivity index (χ3v) is 9.50. The van der Waals surface area contributed by atoms with E-state index in [1.165, 1.54) is 17.2 Å². The highest BCUT2D eigenvalue weighted by molar-refractivity contribution is 6.33. The average molecular weight is 646 g/mol. The molecule has 2 saturated heterocycles. The van der Waals surface area contributed by atoms with Gasteiger partial charge in [0.15, 0.2) is 5.82 Å². The van der Waals surface area contributed by atoms with Gasteiger partial charge in [0.2, 0.25) is 23.7 Å². The number of imide groups is 1. The number of hydrogen-bond acceptors (Lipinski definition) is 9. The largest absolute Gasteiger partial charge is 0.382 e. The van der Waals surface area contributed by atoms with Crippen molar-refractivity contribution in [2.45, 2.75) is 44.6 Å². The molecule has 0 aliphatic carbocycles. The summed E-state index contributed by atoms with van der Waals surface area (Å²) in [4.78, 5) is 48.9. The molecule has 7 rings (SSSR count). The fourth-order valence-corrected chi connectivity index (χ4v) is 6.78. The quantitative estimate of drug-likeness (QED) is 0.263. The molecule has 0 saturated carbocycles. The first-order valence-electron chi connectivity index (χ1n) is 15.3. The van der Waals surface area contributed by atoms with E-state index in [1.807, 2.05) is 25.2 Å². The van der Waals surface area contributed by atoms with E-state index < -0.39 is 11.7 Å². The molecule has 12 nitrogen and oxygen atoms in total. The minimum absolute atomic E-state index is 0.0858. The number of piperidine rings is 2. The molecule has 2 fully saturated rings. The monoisotopic (exact) mass is 645 g/mol. The molecule has 3 aliphatic rings. The number of likely N-dealkylation sites (N-methyl/N-ethyl adjacent to an activating group) is 1. The van der Waals surface area contributed by atoms with Crippen molar-refractivity contribution < 1.29 is 18.8 Å². The number of hydrogen-bond donors (Lipinski definition) is 3. The van der Waals surface area contributed by atoms with Gasteiger partial charge in [0.1, 0.15) is 10.8 Å². The van der Waals surface area contributed by atoms with E-state index in [0.29, 0.717) is 43.3 Å². The zero-order valence-corrected chi connectivity index (χ0v) is 26.4. The predicted molar refractivity (Wildman–Crippen MR) is 173 cm³/mol. The van der Waals surface area contributed by atoms with Gasteiger partial charge in [-0.1, -0.05) is 18.5 Å². The highest BCUT2D eigenvalue weighted by Gasteiger charge is 2.32. The SMILES string of the molecule is C[C@@H]1CN(c2ncc(Cl)c(Nc3cc4c(cc3F)N(C)C(=O)C4)n2)CC[C@H]1Nc1ccc2c([C@@H]3CCC(=O)NC3=O)nn(C)c2c1. The maximum absolute atomic E-state index is 15.0. The molecule has 2 aromatic heterocycles. The first-order valence-corrected chi connectivity index (χ1v) is 15.6. The van der Waals surface area contributed by atoms with Gasteiger partial charge in [-0.25, -0.2) is 9.37 Å². The molecule has 0 spiro atoms. The van der Waals surface area contributed by atoms with Gasteiger partial charge in [-0.15, -0.1) is 0 Å². The van der Waals surface area contributed by atoms with Crippen LogP contribution in [0.3, 0.4) is 0 Å². The maximum Gasteiger partial charge on any atom is 0.235 e. The summed E-state index contributed by atoms with van der Waals surface area (Å²) in [6, 6.07) is 9.19. The zero-order valence-electron chi connectivity index (χ0n) is 25.6. The van der Waals surface area contributed by atoms with Crippen LogP contribution in [0.4, 0.5) is 33.2 Å². The van der Waals surface area contributed by atoms with Crippen molar-refractivity contribution in [2.24, 2.45) is 13.0 Å². The highest BCUT2D eigenvalue weighted by atomic mass is 35.5. The molecular weight excluding hydrogens is 613 g/mol. The number of benzene rings is 2. The van der Waals surface area contributed by atoms with E-state index in [9.17, 15) is 18.8 Å². The Bertz CT molecular complexity index is 1910. The van der Waals surface area contributed by atoms with Crippen LogP contribution in [0.25, 0.3) is 10.9 Å². The molecular formula is C32H33ClFN9O3. The number of nitrogens with zero attached hydrogens (tertiary/aromatic N) is 6. The third kappa shape index (κ3) is 5.38. The molecule has 4 aromatic rings. The summed E-state index contributed by atoms with van der Waals surface area (Å²) >= 11 is 6.41. The molecule has 3 atom stereocenters. The Balaban J connectivity index is 1.03. The Kier molecular flexibility index (Phi) is 7.50. The second-order valence-electron chi connectivity index (χ2n) is 12.3. The second-order valence-corrected chi connectivity index (χ2v) is 12.7. The van der Waals surface area contributed by atoms with E-state index >= 15 is 0 Å². The van der Waals surface area contributed by atoms with Gasteiger partial charge in [-0.2, -0.15) is 10.1 Å². The van der Waals surface area contributed by atoms with Gasteiger partial charge in [0.05, 0.1) is 41.1 Å². The number of amides is 3. The highest BCUT2D eigenvalue weighted by Crippen LogP contribution is 2.36. The minimum Gasteiger partial charge on any atom is -0.382 e. The fourth-order valence-electron chi connectivity index (χ4n) is 6.64. The molecule has 238 valence electrons. The molecule has 2 aromatic carbocycles. The molecule has 3 N–H and O–H groups in total. The number of halogens is 2. The van der Waals surface area contributed by atoms with Gasteiger partial charge in [-0.05, 0) is 48.6 Å². The summed E-state index contributed by atoms with van der Waals surface area (Å²) in [7, 11) is 3.49. The lowest BCUT2D eigenvalue weighted by molar-refractivity contribution is -0.134. The lowest BCUT2D eigenvalue weighted by atomic mass is 9.92. The molecule has 3 amide bonds. The van der Waals surface area contributed by atoms with Gasteiger partial charge in [-0.3, -0.25) is 24.4 Å². The van der Waals surface area contributed by atoms with Crippen LogP contribution in [0.1, 0.15) is 43.4 Å². The van der Waals surface area contributed by atoms with E-state index in [0.717, 1.165) is 28.6 Å². The normalized spacial score (nSPS) is 21.5. The molecule has 0 radical (unpaired) electrons. The Hall–Kier alpha value is -4.78. The number of carbonyl (C=O) groups excluding carboxylic acids is 3. The maximum atomic E-state index is 15.0. The Morgan fingerprint density at radius 1 is 1.11 bits per heavy atom. The van der Waals surface area contributed by atoms with Crippen LogP contribution < -0.4 is 25.8 Å². The molecule has 14 heteroatoms. The molecule has 0 unspecified atom stereocenters. The van der Waals surface area contributed by atoms with Crippen molar-refractivity contribution >= 4 is 69.1 Å². The van der Waals surface area contributed by atoms with Crippen molar-refractivity contribution in [1.29, 1.82) is 0 Å². The summed E-state index contributed by atoms with van der Waals surface area (Å²) in [5, 5.41) is 14.9. The Labute approximate surface area is 269 Å². The number of anilines is 5. The second kappa shape index (κ2) is 11.5. The van der Waals surface area contributed by atoms with Gasteiger partial charge in [0, 0.05) is 56.8 Å². The number of nitrogens with one attached hydrogen (secondary N) is 3. The molecule has 5 heterocycles. The standard InChI is InChI=1S/C32H33ClFN9O3/c1-16-15-43(32-35-14-21(33)30(39-32)37-24-10-17-11-28(45)41(2)25(17)13-22(24)34)9-8-23(16)36-18-4-5-19-26(12-18)42(3)40-29(19)20-6-7-27(44)38-31(20)46/h4-5,10,12-14,16,20,23,36H,6-9,11,15H2,1-3H3,(H,35,37,39)(H,38,44,46)/t16-,20+,23-/m1/s1. The van der Waals surface area contributed by atoms with Crippen LogP contribution in [-0.4, -0.2) is 63.6 Å². The first-order chi connectivity index (χ1) is 22.0. The number of carbonyl (C=O) groups is 3. The molecule has 0 bridgehead atoms. The van der Waals surface area contributed by atoms with E-state index in [1.54, 1.807) is 17.8 Å². The van der Waals surface area contributed by atoms with Gasteiger partial charge < -0.3 is 20.4 Å². The number of aromatic nitrogens is 4. The summed E-state index contributed by atoms with van der Waals surface area (Å²) in [6.45, 7) is 3.55. The fraction of sp³-hybridized carbons (Fsp3) is 0.375. The third-order valence-electron chi connectivity index (χ3n) is 9.22. The van der Waals surface area contributed by atoms with Crippen molar-refractivity contribution in [3.63, 3.8) is 0 Å². The Morgan fingerprint density at radius 3 is 2.72 bits per heavy atom. The first kappa shape index (κ1) is 29.9. The summed E-state index contributed by atoms with van der Waals surface area (Å²) < 4.78 is 16.8. The lowest BCUT2D eigenvalue weighted by Gasteiger charge is -2.37. The molecule has 3 aliphatic heterocycles. The topological polar surface area (TPSA) is 137 Å². The van der Waals surface area contributed by atoms with Crippen molar-refractivity contribution in [3.8, 4) is 0 Å². The van der Waals surface area contributed by atoms with E-state index in [2.05, 4.69) is 42.8 Å². The summed E-state index contributed by atoms with van der Waals surface area (Å²) in [5.41, 5.74) is 4.04. The summed E-state index contributed by atoms with van der Waals surface area (Å²) in [6.07, 6.45) is 3.30. The number of aryl methyl sites for hydroxylation is 1. The smallest absolute Gasteiger partial charge is 0.235 e. The molecule has 46 heavy (non-hydrogen) atoms. The van der Waals surface area contributed by atoms with E-state index in [-0.39, 0.29) is 52.6 Å². The lowest BCUT2D eigenvalue weighted by Crippen LogP contribution is -2.46. The zero-order chi connectivity index (χ0) is 32.3. The van der Waals surface area contributed by atoms with Gasteiger partial charge >= 0.3 is 0 Å². The number of fused-ring (bicyclic) bond motifs is 2. The number of rotatable bonds is 6.